The largest absolute Gasteiger partial charge is 0.494 e. The molecule has 8 nitrogen and oxygen atoms in total. The minimum absolute atomic E-state index is 0.112. The third kappa shape index (κ3) is 5.39. The lowest BCUT2D eigenvalue weighted by Crippen LogP contribution is -2.45. The summed E-state index contributed by atoms with van der Waals surface area (Å²) in [7, 11) is 1.57. The van der Waals surface area contributed by atoms with Crippen molar-refractivity contribution in [1.82, 2.24) is 0 Å². The van der Waals surface area contributed by atoms with Gasteiger partial charge in [-0.2, -0.15) is 0 Å². The molecule has 9 heteroatoms. The van der Waals surface area contributed by atoms with Crippen molar-refractivity contribution in [2.75, 3.05) is 18.6 Å². The fourth-order valence-electron chi connectivity index (χ4n) is 4.03. The van der Waals surface area contributed by atoms with E-state index in [2.05, 4.69) is 35.1 Å². The van der Waals surface area contributed by atoms with Crippen LogP contribution >= 0.6 is 11.6 Å². The van der Waals surface area contributed by atoms with Crippen LogP contribution in [-0.4, -0.2) is 29.9 Å². The van der Waals surface area contributed by atoms with Gasteiger partial charge in [-0.25, -0.2) is 0 Å². The molecule has 0 saturated carbocycles. The quantitative estimate of drug-likeness (QED) is 0.234. The SMILES string of the molecule is COc1cc2c(cc1N=Nc1ccc([N+](=O)[O-])cc1Cl)C(C)=CC(C)(C)N2CCCC(C)=O. The van der Waals surface area contributed by atoms with E-state index in [-0.39, 0.29) is 22.0 Å². The van der Waals surface area contributed by atoms with Gasteiger partial charge in [0, 0.05) is 42.4 Å². The highest BCUT2D eigenvalue weighted by atomic mass is 35.5. The van der Waals surface area contributed by atoms with E-state index in [9.17, 15) is 14.9 Å². The Morgan fingerprint density at radius 1 is 1.21 bits per heavy atom. The second kappa shape index (κ2) is 9.70. The van der Waals surface area contributed by atoms with Crippen LogP contribution in [-0.2, 0) is 4.79 Å². The Labute approximate surface area is 198 Å². The number of ketones is 1. The zero-order valence-electron chi connectivity index (χ0n) is 19.4. The molecule has 33 heavy (non-hydrogen) atoms. The Morgan fingerprint density at radius 3 is 2.52 bits per heavy atom. The number of carbonyl (C=O) groups is 1. The van der Waals surface area contributed by atoms with Gasteiger partial charge in [-0.05, 0) is 51.8 Å². The van der Waals surface area contributed by atoms with Gasteiger partial charge in [0.15, 0.2) is 0 Å². The number of hydrogen-bond donors (Lipinski definition) is 0. The Bertz CT molecular complexity index is 1160. The number of halogens is 1. The molecule has 0 fully saturated rings. The van der Waals surface area contributed by atoms with Gasteiger partial charge < -0.3 is 14.4 Å². The van der Waals surface area contributed by atoms with Crippen LogP contribution in [0, 0.1) is 10.1 Å². The predicted octanol–water partition coefficient (Wildman–Crippen LogP) is 7.04. The predicted molar refractivity (Wildman–Crippen MR) is 130 cm³/mol. The summed E-state index contributed by atoms with van der Waals surface area (Å²) in [4.78, 5) is 24.1. The maximum atomic E-state index is 11.4. The number of ether oxygens (including phenoxy) is 1. The average molecular weight is 471 g/mol. The van der Waals surface area contributed by atoms with E-state index < -0.39 is 4.92 Å². The topological polar surface area (TPSA) is 97.4 Å². The van der Waals surface area contributed by atoms with Crippen LogP contribution in [0.5, 0.6) is 5.75 Å². The first-order chi connectivity index (χ1) is 15.5. The molecular formula is C24H27ClN4O4. The number of nitro groups is 1. The van der Waals surface area contributed by atoms with Crippen molar-refractivity contribution in [3.63, 3.8) is 0 Å². The molecule has 0 saturated heterocycles. The zero-order chi connectivity index (χ0) is 24.3. The number of carbonyl (C=O) groups excluding carboxylic acids is 1. The van der Waals surface area contributed by atoms with E-state index in [1.54, 1.807) is 14.0 Å². The number of rotatable bonds is 8. The maximum Gasteiger partial charge on any atom is 0.271 e. The standard InChI is InChI=1S/C24H27ClN4O4/c1-15-14-24(3,4)28(10-6-7-16(2)30)22-13-23(33-5)21(12-18(15)22)27-26-20-9-8-17(29(31)32)11-19(20)25/h8-9,11-14H,6-7,10H2,1-5H3. The number of nitro benzene ring substituents is 1. The number of allylic oxidation sites excluding steroid dienone is 1. The van der Waals surface area contributed by atoms with Gasteiger partial charge in [-0.3, -0.25) is 10.1 Å². The Hall–Kier alpha value is -3.26. The smallest absolute Gasteiger partial charge is 0.271 e. The number of anilines is 1. The third-order valence-corrected chi connectivity index (χ3v) is 5.90. The maximum absolute atomic E-state index is 11.4. The number of nitrogens with zero attached hydrogens (tertiary/aromatic N) is 4. The summed E-state index contributed by atoms with van der Waals surface area (Å²) in [5, 5.41) is 19.6. The molecule has 0 atom stereocenters. The monoisotopic (exact) mass is 470 g/mol. The number of benzene rings is 2. The zero-order valence-corrected chi connectivity index (χ0v) is 20.1. The van der Waals surface area contributed by atoms with E-state index in [1.165, 1.54) is 18.2 Å². The number of azo groups is 1. The molecule has 0 radical (unpaired) electrons. The summed E-state index contributed by atoms with van der Waals surface area (Å²) in [6.45, 7) is 8.67. The Kier molecular flexibility index (Phi) is 7.17. The lowest BCUT2D eigenvalue weighted by molar-refractivity contribution is -0.384. The minimum atomic E-state index is -0.516. The summed E-state index contributed by atoms with van der Waals surface area (Å²) < 4.78 is 5.60. The van der Waals surface area contributed by atoms with Crippen molar-refractivity contribution >= 4 is 45.7 Å². The third-order valence-electron chi connectivity index (χ3n) is 5.60. The van der Waals surface area contributed by atoms with Gasteiger partial charge in [0.1, 0.15) is 22.9 Å². The molecule has 0 unspecified atom stereocenters. The molecule has 1 heterocycles. The van der Waals surface area contributed by atoms with Crippen molar-refractivity contribution < 1.29 is 14.5 Å². The molecule has 0 aromatic heterocycles. The van der Waals surface area contributed by atoms with Crippen LogP contribution in [0.3, 0.4) is 0 Å². The van der Waals surface area contributed by atoms with Gasteiger partial charge in [-0.15, -0.1) is 10.2 Å². The van der Waals surface area contributed by atoms with Crippen molar-refractivity contribution in [3.8, 4) is 5.75 Å². The molecule has 174 valence electrons. The van der Waals surface area contributed by atoms with Gasteiger partial charge in [0.05, 0.1) is 22.6 Å². The molecule has 1 aliphatic heterocycles. The molecular weight excluding hydrogens is 444 g/mol. The lowest BCUT2D eigenvalue weighted by Gasteiger charge is -2.43. The minimum Gasteiger partial charge on any atom is -0.494 e. The molecule has 2 aromatic rings. The van der Waals surface area contributed by atoms with Crippen LogP contribution in [0.15, 0.2) is 46.6 Å². The van der Waals surface area contributed by atoms with Crippen molar-refractivity contribution in [2.24, 2.45) is 10.2 Å². The van der Waals surface area contributed by atoms with E-state index in [4.69, 9.17) is 16.3 Å². The first-order valence-corrected chi connectivity index (χ1v) is 11.0. The first-order valence-electron chi connectivity index (χ1n) is 10.6. The first kappa shape index (κ1) is 24.4. The van der Waals surface area contributed by atoms with Crippen molar-refractivity contribution in [1.29, 1.82) is 0 Å². The van der Waals surface area contributed by atoms with Gasteiger partial charge >= 0.3 is 0 Å². The number of Topliss-reactive ketones (excluding diaryl/α,β-unsaturated/α-hetero) is 1. The molecule has 3 rings (SSSR count). The van der Waals surface area contributed by atoms with E-state index in [1.807, 2.05) is 19.1 Å². The summed E-state index contributed by atoms with van der Waals surface area (Å²) >= 11 is 6.14. The molecule has 0 bridgehead atoms. The van der Waals surface area contributed by atoms with Gasteiger partial charge in [0.25, 0.3) is 5.69 Å². The van der Waals surface area contributed by atoms with E-state index >= 15 is 0 Å². The summed E-state index contributed by atoms with van der Waals surface area (Å²) in [6, 6.07) is 7.88. The molecule has 0 spiro atoms. The fourth-order valence-corrected chi connectivity index (χ4v) is 4.24. The highest BCUT2D eigenvalue weighted by molar-refractivity contribution is 6.33. The highest BCUT2D eigenvalue weighted by Crippen LogP contribution is 2.45. The molecule has 2 aromatic carbocycles. The lowest BCUT2D eigenvalue weighted by atomic mass is 9.88. The Morgan fingerprint density at radius 2 is 1.91 bits per heavy atom. The van der Waals surface area contributed by atoms with Gasteiger partial charge in [-0.1, -0.05) is 17.7 Å². The highest BCUT2D eigenvalue weighted by Gasteiger charge is 2.32. The molecule has 0 amide bonds. The van der Waals surface area contributed by atoms with Gasteiger partial charge in [0.2, 0.25) is 0 Å². The molecule has 1 aliphatic rings. The van der Waals surface area contributed by atoms with E-state index in [0.29, 0.717) is 23.5 Å². The number of fused-ring (bicyclic) bond motifs is 1. The van der Waals surface area contributed by atoms with E-state index in [0.717, 1.165) is 29.8 Å². The average Bonchev–Trinajstić information content (AvgIpc) is 2.74. The summed E-state index contributed by atoms with van der Waals surface area (Å²) in [5.74, 6) is 0.715. The van der Waals surface area contributed by atoms with Crippen LogP contribution < -0.4 is 9.64 Å². The van der Waals surface area contributed by atoms with Crippen molar-refractivity contribution in [2.45, 2.75) is 46.1 Å². The summed E-state index contributed by atoms with van der Waals surface area (Å²) in [5.41, 5.74) is 3.61. The number of hydrogen-bond acceptors (Lipinski definition) is 7. The normalized spacial score (nSPS) is 14.7. The number of methoxy groups -OCH3 is 1. The van der Waals surface area contributed by atoms with Crippen LogP contribution in [0.2, 0.25) is 5.02 Å². The van der Waals surface area contributed by atoms with Crippen molar-refractivity contribution in [3.05, 3.63) is 57.1 Å². The van der Waals surface area contributed by atoms with Crippen LogP contribution in [0.25, 0.3) is 5.57 Å². The summed E-state index contributed by atoms with van der Waals surface area (Å²) in [6.07, 6.45) is 3.49. The molecule has 0 aliphatic carbocycles. The van der Waals surface area contributed by atoms with Crippen LogP contribution in [0.1, 0.15) is 46.1 Å². The second-order valence-electron chi connectivity index (χ2n) is 8.57. The number of non-ortho nitro benzene ring substituents is 1. The molecule has 0 N–H and O–H groups in total. The Balaban J connectivity index is 2.00. The second-order valence-corrected chi connectivity index (χ2v) is 8.98. The fraction of sp³-hybridized carbons (Fsp3) is 0.375. The van der Waals surface area contributed by atoms with Crippen LogP contribution in [0.4, 0.5) is 22.7 Å².